The van der Waals surface area contributed by atoms with E-state index < -0.39 is 0 Å². The summed E-state index contributed by atoms with van der Waals surface area (Å²) in [5.41, 5.74) is 8.28. The molecule has 0 radical (unpaired) electrons. The Kier molecular flexibility index (Phi) is 11.1. The SMILES string of the molecule is CN(C)CCNC(=O)c1ccc(CNC(=O)c2cccc(N)c2)cc1.Cl.Cl. The van der Waals surface area contributed by atoms with Crippen molar-refractivity contribution >= 4 is 42.3 Å². The highest BCUT2D eigenvalue weighted by molar-refractivity contribution is 5.95. The lowest BCUT2D eigenvalue weighted by molar-refractivity contribution is 0.0941. The topological polar surface area (TPSA) is 87.5 Å². The second kappa shape index (κ2) is 12.2. The Morgan fingerprint density at radius 1 is 0.926 bits per heavy atom. The molecule has 0 aliphatic heterocycles. The maximum atomic E-state index is 12.1. The summed E-state index contributed by atoms with van der Waals surface area (Å²) in [4.78, 5) is 26.1. The summed E-state index contributed by atoms with van der Waals surface area (Å²) in [6.07, 6.45) is 0. The molecule has 2 amide bonds. The van der Waals surface area contributed by atoms with Crippen molar-refractivity contribution in [1.29, 1.82) is 0 Å². The average Bonchev–Trinajstić information content (AvgIpc) is 2.59. The number of nitrogens with one attached hydrogen (secondary N) is 2. The van der Waals surface area contributed by atoms with Gasteiger partial charge in [-0.25, -0.2) is 0 Å². The van der Waals surface area contributed by atoms with Gasteiger partial charge < -0.3 is 21.3 Å². The molecular formula is C19H26Cl2N4O2. The molecule has 148 valence electrons. The van der Waals surface area contributed by atoms with Crippen LogP contribution in [-0.4, -0.2) is 43.9 Å². The van der Waals surface area contributed by atoms with E-state index in [1.54, 1.807) is 36.4 Å². The van der Waals surface area contributed by atoms with Gasteiger partial charge in [0, 0.05) is 36.4 Å². The lowest BCUT2D eigenvalue weighted by Gasteiger charge is -2.11. The fraction of sp³-hybridized carbons (Fsp3) is 0.263. The van der Waals surface area contributed by atoms with Crippen LogP contribution < -0.4 is 16.4 Å². The minimum Gasteiger partial charge on any atom is -0.399 e. The molecule has 8 heteroatoms. The van der Waals surface area contributed by atoms with E-state index in [0.717, 1.165) is 12.1 Å². The molecule has 0 spiro atoms. The number of carbonyl (C=O) groups excluding carboxylic acids is 2. The number of rotatable bonds is 7. The molecule has 0 aromatic heterocycles. The summed E-state index contributed by atoms with van der Waals surface area (Å²) in [7, 11) is 3.91. The van der Waals surface area contributed by atoms with Gasteiger partial charge in [0.15, 0.2) is 0 Å². The fourth-order valence-electron chi connectivity index (χ4n) is 2.23. The zero-order valence-electron chi connectivity index (χ0n) is 15.4. The van der Waals surface area contributed by atoms with Crippen LogP contribution in [0.25, 0.3) is 0 Å². The molecule has 2 aromatic rings. The molecule has 0 bridgehead atoms. The van der Waals surface area contributed by atoms with E-state index in [4.69, 9.17) is 5.73 Å². The molecule has 0 aliphatic rings. The Morgan fingerprint density at radius 3 is 2.15 bits per heavy atom. The average molecular weight is 413 g/mol. The van der Waals surface area contributed by atoms with Crippen molar-refractivity contribution in [2.24, 2.45) is 0 Å². The highest BCUT2D eigenvalue weighted by Crippen LogP contribution is 2.08. The molecule has 0 saturated carbocycles. The fourth-order valence-corrected chi connectivity index (χ4v) is 2.23. The van der Waals surface area contributed by atoms with Crippen LogP contribution in [0.1, 0.15) is 26.3 Å². The Labute approximate surface area is 172 Å². The first-order valence-corrected chi connectivity index (χ1v) is 8.11. The summed E-state index contributed by atoms with van der Waals surface area (Å²) in [5, 5.41) is 5.70. The standard InChI is InChI=1S/C19H24N4O2.2ClH/c1-23(2)11-10-21-18(24)15-8-6-14(7-9-15)13-22-19(25)16-4-3-5-17(20)12-16;;/h3-9,12H,10-11,13,20H2,1-2H3,(H,21,24)(H,22,25);2*1H. The van der Waals surface area contributed by atoms with E-state index in [1.807, 2.05) is 31.1 Å². The van der Waals surface area contributed by atoms with E-state index >= 15 is 0 Å². The van der Waals surface area contributed by atoms with Crippen LogP contribution in [0.2, 0.25) is 0 Å². The highest BCUT2D eigenvalue weighted by atomic mass is 35.5. The van der Waals surface area contributed by atoms with E-state index in [-0.39, 0.29) is 36.6 Å². The van der Waals surface area contributed by atoms with Crippen molar-refractivity contribution in [2.75, 3.05) is 32.9 Å². The van der Waals surface area contributed by atoms with Gasteiger partial charge >= 0.3 is 0 Å². The molecule has 2 rings (SSSR count). The second-order valence-electron chi connectivity index (χ2n) is 6.06. The maximum Gasteiger partial charge on any atom is 0.251 e. The van der Waals surface area contributed by atoms with Gasteiger partial charge in [-0.3, -0.25) is 9.59 Å². The van der Waals surface area contributed by atoms with Gasteiger partial charge in [0.25, 0.3) is 11.8 Å². The quantitative estimate of drug-likeness (QED) is 0.608. The van der Waals surface area contributed by atoms with Gasteiger partial charge in [-0.2, -0.15) is 0 Å². The summed E-state index contributed by atoms with van der Waals surface area (Å²) >= 11 is 0. The number of hydrogen-bond acceptors (Lipinski definition) is 4. The van der Waals surface area contributed by atoms with Gasteiger partial charge in [-0.1, -0.05) is 18.2 Å². The number of nitrogens with two attached hydrogens (primary N) is 1. The summed E-state index contributed by atoms with van der Waals surface area (Å²) in [5.74, 6) is -0.282. The molecule has 6 nitrogen and oxygen atoms in total. The lowest BCUT2D eigenvalue weighted by atomic mass is 10.1. The first kappa shape index (κ1) is 24.7. The molecule has 27 heavy (non-hydrogen) atoms. The van der Waals surface area contributed by atoms with Crippen LogP contribution >= 0.6 is 24.8 Å². The van der Waals surface area contributed by atoms with Crippen LogP contribution in [0.5, 0.6) is 0 Å². The Hall–Kier alpha value is -2.28. The number of nitrogen functional groups attached to an aromatic ring is 1. The van der Waals surface area contributed by atoms with Crippen molar-refractivity contribution in [3.8, 4) is 0 Å². The summed E-state index contributed by atoms with van der Waals surface area (Å²) < 4.78 is 0. The lowest BCUT2D eigenvalue weighted by Crippen LogP contribution is -2.31. The van der Waals surface area contributed by atoms with Crippen molar-refractivity contribution in [1.82, 2.24) is 15.5 Å². The Bertz CT molecular complexity index is 737. The van der Waals surface area contributed by atoms with E-state index in [1.165, 1.54) is 0 Å². The molecule has 0 saturated heterocycles. The molecule has 0 atom stereocenters. The maximum absolute atomic E-state index is 12.1. The Balaban J connectivity index is 0.00000338. The minimum atomic E-state index is -0.183. The normalized spacial score (nSPS) is 9.74. The summed E-state index contributed by atoms with van der Waals surface area (Å²) in [6, 6.07) is 14.0. The smallest absolute Gasteiger partial charge is 0.251 e. The molecule has 0 aliphatic carbocycles. The summed E-state index contributed by atoms with van der Waals surface area (Å²) in [6.45, 7) is 1.78. The van der Waals surface area contributed by atoms with Crippen molar-refractivity contribution in [2.45, 2.75) is 6.54 Å². The predicted molar refractivity (Wildman–Crippen MR) is 114 cm³/mol. The third-order valence-electron chi connectivity index (χ3n) is 3.66. The third-order valence-corrected chi connectivity index (χ3v) is 3.66. The van der Waals surface area contributed by atoms with Gasteiger partial charge in [0.1, 0.15) is 0 Å². The van der Waals surface area contributed by atoms with Crippen LogP contribution in [0.4, 0.5) is 5.69 Å². The van der Waals surface area contributed by atoms with E-state index in [0.29, 0.717) is 29.9 Å². The van der Waals surface area contributed by atoms with Gasteiger partial charge in [0.05, 0.1) is 0 Å². The number of likely N-dealkylation sites (N-methyl/N-ethyl adjacent to an activating group) is 1. The van der Waals surface area contributed by atoms with Gasteiger partial charge in [-0.05, 0) is 50.0 Å². The van der Waals surface area contributed by atoms with E-state index in [2.05, 4.69) is 10.6 Å². The van der Waals surface area contributed by atoms with Gasteiger partial charge in [-0.15, -0.1) is 24.8 Å². The molecule has 2 aromatic carbocycles. The number of nitrogens with zero attached hydrogens (tertiary/aromatic N) is 1. The van der Waals surface area contributed by atoms with Crippen LogP contribution in [0.3, 0.4) is 0 Å². The van der Waals surface area contributed by atoms with Crippen LogP contribution in [0, 0.1) is 0 Å². The zero-order chi connectivity index (χ0) is 18.2. The Morgan fingerprint density at radius 2 is 1.56 bits per heavy atom. The van der Waals surface area contributed by atoms with Gasteiger partial charge in [0.2, 0.25) is 0 Å². The minimum absolute atomic E-state index is 0. The van der Waals surface area contributed by atoms with Crippen molar-refractivity contribution in [3.05, 3.63) is 65.2 Å². The number of hydrogen-bond donors (Lipinski definition) is 3. The van der Waals surface area contributed by atoms with Crippen LogP contribution in [0.15, 0.2) is 48.5 Å². The monoisotopic (exact) mass is 412 g/mol. The van der Waals surface area contributed by atoms with Crippen molar-refractivity contribution in [3.63, 3.8) is 0 Å². The highest BCUT2D eigenvalue weighted by Gasteiger charge is 2.07. The van der Waals surface area contributed by atoms with E-state index in [9.17, 15) is 9.59 Å². The predicted octanol–water partition coefficient (Wildman–Crippen LogP) is 2.33. The molecule has 0 unspecified atom stereocenters. The number of halogens is 2. The number of benzene rings is 2. The molecule has 4 N–H and O–H groups in total. The largest absolute Gasteiger partial charge is 0.399 e. The molecular weight excluding hydrogens is 387 g/mol. The number of amides is 2. The molecule has 0 fully saturated rings. The molecule has 0 heterocycles. The van der Waals surface area contributed by atoms with Crippen molar-refractivity contribution < 1.29 is 9.59 Å². The number of carbonyl (C=O) groups is 2. The first-order chi connectivity index (χ1) is 12.0. The number of anilines is 1. The van der Waals surface area contributed by atoms with Crippen LogP contribution in [-0.2, 0) is 6.54 Å². The third kappa shape index (κ3) is 8.30. The second-order valence-corrected chi connectivity index (χ2v) is 6.06. The zero-order valence-corrected chi connectivity index (χ0v) is 17.0. The first-order valence-electron chi connectivity index (χ1n) is 8.11.